The zero-order valence-electron chi connectivity index (χ0n) is 16.1. The Morgan fingerprint density at radius 2 is 1.78 bits per heavy atom. The molecule has 0 spiro atoms. The van der Waals surface area contributed by atoms with Crippen LogP contribution in [0.1, 0.15) is 44.6 Å². The number of rotatable bonds is 5. The summed E-state index contributed by atoms with van der Waals surface area (Å²) < 4.78 is 27.0. The highest BCUT2D eigenvalue weighted by Crippen LogP contribution is 2.22. The van der Waals surface area contributed by atoms with Crippen molar-refractivity contribution in [3.05, 3.63) is 29.8 Å². The molecular formula is C20H31N3O3S. The second-order valence-corrected chi connectivity index (χ2v) is 9.82. The maximum Gasteiger partial charge on any atom is 0.243 e. The molecule has 2 aliphatic heterocycles. The SMILES string of the molecule is CC(N)C1CCCN(C(=O)Cc2ccc(S(=O)(=O)N3CCCCC3)cc2)C1. The van der Waals surface area contributed by atoms with E-state index in [0.717, 1.165) is 50.8 Å². The molecule has 0 aromatic heterocycles. The first kappa shape index (κ1) is 20.3. The van der Waals surface area contributed by atoms with Gasteiger partial charge in [-0.2, -0.15) is 4.31 Å². The molecule has 1 aromatic rings. The van der Waals surface area contributed by atoms with Crippen LogP contribution in [0.4, 0.5) is 0 Å². The predicted octanol–water partition coefficient (Wildman–Crippen LogP) is 1.99. The van der Waals surface area contributed by atoms with E-state index in [1.165, 1.54) is 0 Å². The highest BCUT2D eigenvalue weighted by molar-refractivity contribution is 7.89. The van der Waals surface area contributed by atoms with Crippen LogP contribution >= 0.6 is 0 Å². The lowest BCUT2D eigenvalue weighted by atomic mass is 9.92. The number of hydrogen-bond donors (Lipinski definition) is 1. The van der Waals surface area contributed by atoms with Gasteiger partial charge < -0.3 is 10.6 Å². The molecule has 0 radical (unpaired) electrons. The first-order valence-electron chi connectivity index (χ1n) is 10.0. The van der Waals surface area contributed by atoms with E-state index in [1.807, 2.05) is 11.8 Å². The van der Waals surface area contributed by atoms with Crippen LogP contribution in [0.5, 0.6) is 0 Å². The van der Waals surface area contributed by atoms with E-state index in [1.54, 1.807) is 28.6 Å². The van der Waals surface area contributed by atoms with Crippen molar-refractivity contribution in [2.45, 2.75) is 56.4 Å². The number of amides is 1. The van der Waals surface area contributed by atoms with Gasteiger partial charge in [-0.1, -0.05) is 18.6 Å². The number of sulfonamides is 1. The average Bonchev–Trinajstić information content (AvgIpc) is 2.69. The molecule has 2 saturated heterocycles. The summed E-state index contributed by atoms with van der Waals surface area (Å²) >= 11 is 0. The van der Waals surface area contributed by atoms with Crippen molar-refractivity contribution in [1.82, 2.24) is 9.21 Å². The van der Waals surface area contributed by atoms with Crippen LogP contribution in [-0.2, 0) is 21.2 Å². The van der Waals surface area contributed by atoms with Crippen LogP contribution in [0.3, 0.4) is 0 Å². The zero-order valence-corrected chi connectivity index (χ0v) is 17.0. The van der Waals surface area contributed by atoms with Gasteiger partial charge in [-0.15, -0.1) is 0 Å². The summed E-state index contributed by atoms with van der Waals surface area (Å²) in [7, 11) is -3.42. The van der Waals surface area contributed by atoms with Gasteiger partial charge in [0.05, 0.1) is 11.3 Å². The third-order valence-electron chi connectivity index (χ3n) is 5.79. The zero-order chi connectivity index (χ0) is 19.4. The Morgan fingerprint density at radius 3 is 2.41 bits per heavy atom. The fourth-order valence-corrected chi connectivity index (χ4v) is 5.50. The smallest absolute Gasteiger partial charge is 0.243 e. The lowest BCUT2D eigenvalue weighted by Gasteiger charge is -2.34. The fourth-order valence-electron chi connectivity index (χ4n) is 3.99. The highest BCUT2D eigenvalue weighted by atomic mass is 32.2. The minimum Gasteiger partial charge on any atom is -0.342 e. The van der Waals surface area contributed by atoms with Crippen molar-refractivity contribution >= 4 is 15.9 Å². The molecule has 2 heterocycles. The van der Waals surface area contributed by atoms with Gasteiger partial charge in [-0.3, -0.25) is 4.79 Å². The Balaban J connectivity index is 1.62. The van der Waals surface area contributed by atoms with Gasteiger partial charge in [0.1, 0.15) is 0 Å². The Labute approximate surface area is 162 Å². The van der Waals surface area contributed by atoms with Gasteiger partial charge >= 0.3 is 0 Å². The summed E-state index contributed by atoms with van der Waals surface area (Å²) in [6.45, 7) is 4.69. The van der Waals surface area contributed by atoms with Crippen LogP contribution in [-0.4, -0.2) is 55.8 Å². The van der Waals surface area contributed by atoms with Crippen LogP contribution in [0.2, 0.25) is 0 Å². The van der Waals surface area contributed by atoms with Gasteiger partial charge in [-0.25, -0.2) is 8.42 Å². The normalized spacial score (nSPS) is 23.2. The van der Waals surface area contributed by atoms with Crippen molar-refractivity contribution in [3.8, 4) is 0 Å². The molecule has 2 fully saturated rings. The molecule has 0 saturated carbocycles. The molecule has 1 aromatic carbocycles. The van der Waals surface area contributed by atoms with E-state index >= 15 is 0 Å². The van der Waals surface area contributed by atoms with Crippen molar-refractivity contribution in [1.29, 1.82) is 0 Å². The topological polar surface area (TPSA) is 83.7 Å². The molecule has 27 heavy (non-hydrogen) atoms. The molecule has 150 valence electrons. The maximum absolute atomic E-state index is 12.7. The van der Waals surface area contributed by atoms with Crippen LogP contribution in [0, 0.1) is 5.92 Å². The molecule has 0 aliphatic carbocycles. The fraction of sp³-hybridized carbons (Fsp3) is 0.650. The molecular weight excluding hydrogens is 362 g/mol. The van der Waals surface area contributed by atoms with Gasteiger partial charge in [0.15, 0.2) is 0 Å². The van der Waals surface area contributed by atoms with E-state index in [4.69, 9.17) is 5.73 Å². The quantitative estimate of drug-likeness (QED) is 0.829. The molecule has 2 atom stereocenters. The first-order valence-corrected chi connectivity index (χ1v) is 11.4. The summed E-state index contributed by atoms with van der Waals surface area (Å²) in [6, 6.07) is 6.89. The molecule has 1 amide bonds. The molecule has 6 nitrogen and oxygen atoms in total. The largest absolute Gasteiger partial charge is 0.342 e. The highest BCUT2D eigenvalue weighted by Gasteiger charge is 2.27. The molecule has 7 heteroatoms. The van der Waals surface area contributed by atoms with Crippen LogP contribution < -0.4 is 5.73 Å². The Kier molecular flexibility index (Phi) is 6.55. The third-order valence-corrected chi connectivity index (χ3v) is 7.70. The van der Waals surface area contributed by atoms with Crippen LogP contribution in [0.25, 0.3) is 0 Å². The second kappa shape index (κ2) is 8.71. The molecule has 2 aliphatic rings. The molecule has 2 unspecified atom stereocenters. The minimum absolute atomic E-state index is 0.0898. The van der Waals surface area contributed by atoms with Crippen molar-refractivity contribution in [3.63, 3.8) is 0 Å². The summed E-state index contributed by atoms with van der Waals surface area (Å²) in [6.07, 6.45) is 5.30. The monoisotopic (exact) mass is 393 g/mol. The van der Waals surface area contributed by atoms with Gasteiger partial charge in [0, 0.05) is 32.2 Å². The number of carbonyl (C=O) groups is 1. The van der Waals surface area contributed by atoms with Crippen molar-refractivity contribution in [2.75, 3.05) is 26.2 Å². The minimum atomic E-state index is -3.42. The number of piperidine rings is 2. The first-order chi connectivity index (χ1) is 12.9. The van der Waals surface area contributed by atoms with E-state index < -0.39 is 10.0 Å². The van der Waals surface area contributed by atoms with Crippen molar-refractivity contribution in [2.24, 2.45) is 11.7 Å². The molecule has 3 rings (SSSR count). The molecule has 2 N–H and O–H groups in total. The van der Waals surface area contributed by atoms with Gasteiger partial charge in [0.25, 0.3) is 0 Å². The van der Waals surface area contributed by atoms with E-state index in [9.17, 15) is 13.2 Å². The summed E-state index contributed by atoms with van der Waals surface area (Å²) in [5, 5.41) is 0. The lowest BCUT2D eigenvalue weighted by Crippen LogP contribution is -2.45. The van der Waals surface area contributed by atoms with Gasteiger partial charge in [-0.05, 0) is 56.2 Å². The summed E-state index contributed by atoms with van der Waals surface area (Å²) in [4.78, 5) is 14.8. The standard InChI is InChI=1S/C20H31N3O3S/c1-16(21)18-6-5-11-22(15-18)20(24)14-17-7-9-19(10-8-17)27(25,26)23-12-3-2-4-13-23/h7-10,16,18H,2-6,11-15,21H2,1H3. The number of likely N-dealkylation sites (tertiary alicyclic amines) is 1. The maximum atomic E-state index is 12.7. The number of nitrogens with zero attached hydrogens (tertiary/aromatic N) is 2. The van der Waals surface area contributed by atoms with E-state index in [-0.39, 0.29) is 11.9 Å². The Hall–Kier alpha value is -1.44. The van der Waals surface area contributed by atoms with Crippen molar-refractivity contribution < 1.29 is 13.2 Å². The summed E-state index contributed by atoms with van der Waals surface area (Å²) in [5.74, 6) is 0.451. The van der Waals surface area contributed by atoms with Gasteiger partial charge in [0.2, 0.25) is 15.9 Å². The Bertz CT molecular complexity index is 740. The van der Waals surface area contributed by atoms with Crippen LogP contribution in [0.15, 0.2) is 29.2 Å². The molecule has 0 bridgehead atoms. The average molecular weight is 394 g/mol. The van der Waals surface area contributed by atoms with E-state index in [2.05, 4.69) is 0 Å². The number of benzene rings is 1. The summed E-state index contributed by atoms with van der Waals surface area (Å²) in [5.41, 5.74) is 6.85. The Morgan fingerprint density at radius 1 is 1.11 bits per heavy atom. The third kappa shape index (κ3) is 4.89. The number of nitrogens with two attached hydrogens (primary N) is 1. The van der Waals surface area contributed by atoms with E-state index in [0.29, 0.717) is 30.3 Å². The second-order valence-electron chi connectivity index (χ2n) is 7.89. The number of carbonyl (C=O) groups excluding carboxylic acids is 1. The number of hydrogen-bond acceptors (Lipinski definition) is 4. The lowest BCUT2D eigenvalue weighted by molar-refractivity contribution is -0.132. The predicted molar refractivity (Wildman–Crippen MR) is 106 cm³/mol.